The largest absolute Gasteiger partial charge is 0.466 e. The molecule has 1 fully saturated rings. The molecule has 1 saturated heterocycles. The summed E-state index contributed by atoms with van der Waals surface area (Å²) < 4.78 is 7.16. The minimum Gasteiger partial charge on any atom is -0.466 e. The maximum absolute atomic E-state index is 12.0. The number of piperidine rings is 1. The van der Waals surface area contributed by atoms with Gasteiger partial charge in [0.2, 0.25) is 0 Å². The number of carbonyl (C=O) groups excluding carboxylic acids is 1. The van der Waals surface area contributed by atoms with Crippen molar-refractivity contribution in [2.24, 2.45) is 5.92 Å². The van der Waals surface area contributed by atoms with E-state index in [9.17, 15) is 4.79 Å². The third kappa shape index (κ3) is 3.32. The van der Waals surface area contributed by atoms with E-state index in [4.69, 9.17) is 14.8 Å². The van der Waals surface area contributed by atoms with E-state index in [2.05, 4.69) is 23.3 Å². The van der Waals surface area contributed by atoms with Crippen molar-refractivity contribution in [1.82, 2.24) is 14.6 Å². The summed E-state index contributed by atoms with van der Waals surface area (Å²) in [6.45, 7) is 8.08. The summed E-state index contributed by atoms with van der Waals surface area (Å²) in [7, 11) is 0. The SMILES string of the molecule is CCOC(=O)C1CCN(c2c(C)c(C)nc3cc(-c4cccs4)nn23)CC1. The molecule has 0 radical (unpaired) electrons. The van der Waals surface area contributed by atoms with Gasteiger partial charge < -0.3 is 9.64 Å². The van der Waals surface area contributed by atoms with Gasteiger partial charge in [-0.15, -0.1) is 11.3 Å². The Morgan fingerprint density at radius 1 is 1.33 bits per heavy atom. The number of rotatable bonds is 4. The molecule has 3 aromatic rings. The van der Waals surface area contributed by atoms with Crippen LogP contribution in [0.3, 0.4) is 0 Å². The summed E-state index contributed by atoms with van der Waals surface area (Å²) in [4.78, 5) is 20.2. The Labute approximate surface area is 162 Å². The molecule has 0 atom stereocenters. The monoisotopic (exact) mass is 384 g/mol. The third-order valence-corrected chi connectivity index (χ3v) is 6.13. The molecular formula is C20H24N4O2S. The Hall–Kier alpha value is -2.41. The van der Waals surface area contributed by atoms with Crippen molar-refractivity contribution < 1.29 is 9.53 Å². The minimum absolute atomic E-state index is 0.000711. The molecule has 0 saturated carbocycles. The van der Waals surface area contributed by atoms with E-state index in [1.54, 1.807) is 11.3 Å². The third-order valence-electron chi connectivity index (χ3n) is 5.24. The van der Waals surface area contributed by atoms with Crippen molar-refractivity contribution in [3.05, 3.63) is 34.8 Å². The van der Waals surface area contributed by atoms with Crippen LogP contribution in [0.5, 0.6) is 0 Å². The lowest BCUT2D eigenvalue weighted by Crippen LogP contribution is -2.38. The molecule has 142 valence electrons. The molecule has 0 unspecified atom stereocenters. The van der Waals surface area contributed by atoms with E-state index in [1.807, 2.05) is 30.5 Å². The van der Waals surface area contributed by atoms with Crippen LogP contribution < -0.4 is 4.90 Å². The molecular weight excluding hydrogens is 360 g/mol. The van der Waals surface area contributed by atoms with Crippen LogP contribution >= 0.6 is 11.3 Å². The highest BCUT2D eigenvalue weighted by Gasteiger charge is 2.28. The molecule has 0 N–H and O–H groups in total. The van der Waals surface area contributed by atoms with Gasteiger partial charge in [-0.25, -0.2) is 4.98 Å². The Morgan fingerprint density at radius 3 is 2.78 bits per heavy atom. The highest BCUT2D eigenvalue weighted by Crippen LogP contribution is 2.31. The lowest BCUT2D eigenvalue weighted by molar-refractivity contribution is -0.148. The molecule has 1 aliphatic rings. The summed E-state index contributed by atoms with van der Waals surface area (Å²) in [5.74, 6) is 1.02. The summed E-state index contributed by atoms with van der Waals surface area (Å²) in [6.07, 6.45) is 1.61. The minimum atomic E-state index is -0.0657. The first-order valence-electron chi connectivity index (χ1n) is 9.41. The maximum atomic E-state index is 12.0. The van der Waals surface area contributed by atoms with E-state index in [1.165, 1.54) is 0 Å². The van der Waals surface area contributed by atoms with Crippen LogP contribution in [0.4, 0.5) is 5.82 Å². The predicted octanol–water partition coefficient (Wildman–Crippen LogP) is 3.85. The molecule has 1 aliphatic heterocycles. The van der Waals surface area contributed by atoms with E-state index in [0.29, 0.717) is 6.61 Å². The zero-order valence-corrected chi connectivity index (χ0v) is 16.8. The number of carbonyl (C=O) groups is 1. The molecule has 0 bridgehead atoms. The fourth-order valence-corrected chi connectivity index (χ4v) is 4.37. The Balaban J connectivity index is 1.67. The number of aryl methyl sites for hydroxylation is 1. The molecule has 0 amide bonds. The van der Waals surface area contributed by atoms with Gasteiger partial charge in [-0.05, 0) is 45.1 Å². The number of hydrogen-bond acceptors (Lipinski definition) is 6. The molecule has 0 aliphatic carbocycles. The van der Waals surface area contributed by atoms with Crippen LogP contribution in [0, 0.1) is 19.8 Å². The molecule has 27 heavy (non-hydrogen) atoms. The van der Waals surface area contributed by atoms with Crippen LogP contribution in [-0.4, -0.2) is 40.3 Å². The normalized spacial score (nSPS) is 15.4. The van der Waals surface area contributed by atoms with Crippen molar-refractivity contribution >= 4 is 28.8 Å². The van der Waals surface area contributed by atoms with E-state index < -0.39 is 0 Å². The van der Waals surface area contributed by atoms with E-state index in [0.717, 1.165) is 59.2 Å². The van der Waals surface area contributed by atoms with Crippen LogP contribution in [0.15, 0.2) is 23.6 Å². The van der Waals surface area contributed by atoms with Crippen LogP contribution in [0.1, 0.15) is 31.0 Å². The summed E-state index contributed by atoms with van der Waals surface area (Å²) in [5, 5.41) is 6.91. The number of anilines is 1. The number of nitrogens with zero attached hydrogens (tertiary/aromatic N) is 4. The van der Waals surface area contributed by atoms with Gasteiger partial charge in [-0.2, -0.15) is 9.61 Å². The molecule has 4 heterocycles. The average Bonchev–Trinajstić information content (AvgIpc) is 3.32. The Bertz CT molecular complexity index is 956. The van der Waals surface area contributed by atoms with Gasteiger partial charge in [-0.1, -0.05) is 6.07 Å². The van der Waals surface area contributed by atoms with Gasteiger partial charge in [0.05, 0.1) is 17.4 Å². The molecule has 4 rings (SSSR count). The molecule has 0 spiro atoms. The van der Waals surface area contributed by atoms with Crippen molar-refractivity contribution in [2.75, 3.05) is 24.6 Å². The number of thiophene rings is 1. The smallest absolute Gasteiger partial charge is 0.309 e. The van der Waals surface area contributed by atoms with Gasteiger partial charge in [0.15, 0.2) is 5.65 Å². The topological polar surface area (TPSA) is 59.7 Å². The molecule has 0 aromatic carbocycles. The standard InChI is InChI=1S/C20H24N4O2S/c1-4-26-20(25)15-7-9-23(10-8-15)19-13(2)14(3)21-18-12-16(22-24(18)19)17-6-5-11-27-17/h5-6,11-12,15H,4,7-10H2,1-3H3. The van der Waals surface area contributed by atoms with Crippen LogP contribution in [0.2, 0.25) is 0 Å². The first-order chi connectivity index (χ1) is 13.1. The second-order valence-corrected chi connectivity index (χ2v) is 7.88. The van der Waals surface area contributed by atoms with E-state index in [-0.39, 0.29) is 11.9 Å². The number of aromatic nitrogens is 3. The summed E-state index contributed by atoms with van der Waals surface area (Å²) >= 11 is 1.68. The van der Waals surface area contributed by atoms with Crippen LogP contribution in [0.25, 0.3) is 16.2 Å². The van der Waals surface area contributed by atoms with Gasteiger partial charge in [-0.3, -0.25) is 4.79 Å². The lowest BCUT2D eigenvalue weighted by Gasteiger charge is -2.33. The van der Waals surface area contributed by atoms with Crippen LogP contribution in [-0.2, 0) is 9.53 Å². The fourth-order valence-electron chi connectivity index (χ4n) is 3.69. The second-order valence-electron chi connectivity index (χ2n) is 6.94. The first kappa shape index (κ1) is 18.0. The van der Waals surface area contributed by atoms with Crippen molar-refractivity contribution in [3.8, 4) is 10.6 Å². The van der Waals surface area contributed by atoms with Gasteiger partial charge in [0.25, 0.3) is 0 Å². The van der Waals surface area contributed by atoms with Gasteiger partial charge in [0, 0.05) is 30.4 Å². The first-order valence-corrected chi connectivity index (χ1v) is 10.3. The quantitative estimate of drug-likeness (QED) is 0.640. The highest BCUT2D eigenvalue weighted by atomic mass is 32.1. The second kappa shape index (κ2) is 7.31. The average molecular weight is 385 g/mol. The number of ether oxygens (including phenoxy) is 1. The Kier molecular flexibility index (Phi) is 4.86. The van der Waals surface area contributed by atoms with Crippen molar-refractivity contribution in [1.29, 1.82) is 0 Å². The number of fused-ring (bicyclic) bond motifs is 1. The zero-order chi connectivity index (χ0) is 19.0. The van der Waals surface area contributed by atoms with E-state index >= 15 is 0 Å². The lowest BCUT2D eigenvalue weighted by atomic mass is 9.96. The summed E-state index contributed by atoms with van der Waals surface area (Å²) in [6, 6.07) is 6.17. The number of esters is 1. The predicted molar refractivity (Wildman–Crippen MR) is 107 cm³/mol. The van der Waals surface area contributed by atoms with Gasteiger partial charge in [0.1, 0.15) is 11.5 Å². The molecule has 3 aromatic heterocycles. The van der Waals surface area contributed by atoms with Crippen molar-refractivity contribution in [2.45, 2.75) is 33.6 Å². The molecule has 7 heteroatoms. The maximum Gasteiger partial charge on any atom is 0.309 e. The fraction of sp³-hybridized carbons (Fsp3) is 0.450. The van der Waals surface area contributed by atoms with Crippen molar-refractivity contribution in [3.63, 3.8) is 0 Å². The van der Waals surface area contributed by atoms with Gasteiger partial charge >= 0.3 is 5.97 Å². The number of hydrogen-bond donors (Lipinski definition) is 0. The summed E-state index contributed by atoms with van der Waals surface area (Å²) in [5.41, 5.74) is 3.97. The molecule has 6 nitrogen and oxygen atoms in total. The Morgan fingerprint density at radius 2 is 2.11 bits per heavy atom. The highest BCUT2D eigenvalue weighted by molar-refractivity contribution is 7.13. The zero-order valence-electron chi connectivity index (χ0n) is 15.9.